The Hall–Kier alpha value is -1.86. The first-order valence-corrected chi connectivity index (χ1v) is 10.1. The van der Waals surface area contributed by atoms with Gasteiger partial charge in [0.25, 0.3) is 0 Å². The number of piperidine rings is 1. The fourth-order valence-corrected chi connectivity index (χ4v) is 4.50. The summed E-state index contributed by atoms with van der Waals surface area (Å²) >= 11 is 1.62. The van der Waals surface area contributed by atoms with Crippen molar-refractivity contribution in [2.75, 3.05) is 13.1 Å². The highest BCUT2D eigenvalue weighted by Crippen LogP contribution is 2.44. The number of thiophene rings is 1. The average molecular weight is 375 g/mol. The second-order valence-corrected chi connectivity index (χ2v) is 8.43. The molecule has 1 atom stereocenters. The molecule has 2 aliphatic rings. The minimum atomic E-state index is -0.605. The first-order chi connectivity index (χ1) is 12.5. The molecule has 140 valence electrons. The van der Waals surface area contributed by atoms with E-state index in [4.69, 9.17) is 4.74 Å². The van der Waals surface area contributed by atoms with E-state index in [9.17, 15) is 9.90 Å². The predicted molar refractivity (Wildman–Crippen MR) is 99.4 cm³/mol. The van der Waals surface area contributed by atoms with Crippen LogP contribution in [-0.4, -0.2) is 44.4 Å². The van der Waals surface area contributed by atoms with Gasteiger partial charge in [0.15, 0.2) is 5.75 Å². The zero-order valence-corrected chi connectivity index (χ0v) is 16.0. The topological polar surface area (TPSA) is 67.6 Å². The lowest BCUT2D eigenvalue weighted by molar-refractivity contribution is -0.135. The molecule has 0 bridgehead atoms. The molecule has 1 unspecified atom stereocenters. The van der Waals surface area contributed by atoms with Crippen LogP contribution >= 0.6 is 11.3 Å². The molecule has 1 spiro atoms. The number of aliphatic hydroxyl groups is 1. The summed E-state index contributed by atoms with van der Waals surface area (Å²) in [6.45, 7) is 5.45. The average Bonchev–Trinajstić information content (AvgIpc) is 3.25. The number of aliphatic hydroxyl groups excluding tert-OH is 1. The maximum atomic E-state index is 12.5. The van der Waals surface area contributed by atoms with Gasteiger partial charge >= 0.3 is 0 Å². The predicted octanol–water partition coefficient (Wildman–Crippen LogP) is 2.95. The Labute approximate surface area is 157 Å². The van der Waals surface area contributed by atoms with Gasteiger partial charge in [0.05, 0.1) is 12.6 Å². The number of aromatic nitrogens is 2. The molecule has 1 amide bonds. The molecule has 6 nitrogen and oxygen atoms in total. The lowest BCUT2D eigenvalue weighted by atomic mass is 9.83. The van der Waals surface area contributed by atoms with Crippen LogP contribution in [0.4, 0.5) is 0 Å². The number of carbonyl (C=O) groups excluding carboxylic acids is 1. The summed E-state index contributed by atoms with van der Waals surface area (Å²) in [6.07, 6.45) is 3.77. The highest BCUT2D eigenvalue weighted by molar-refractivity contribution is 7.08. The molecule has 0 saturated carbocycles. The number of nitrogens with zero attached hydrogens (tertiary/aromatic N) is 3. The molecule has 1 saturated heterocycles. The van der Waals surface area contributed by atoms with Crippen LogP contribution in [0, 0.1) is 0 Å². The summed E-state index contributed by atoms with van der Waals surface area (Å²) in [6, 6.07) is 2.23. The van der Waals surface area contributed by atoms with Gasteiger partial charge < -0.3 is 14.7 Å². The Kier molecular flexibility index (Phi) is 4.52. The van der Waals surface area contributed by atoms with Crippen LogP contribution in [0.3, 0.4) is 0 Å². The highest BCUT2D eigenvalue weighted by Gasteiger charge is 2.45. The van der Waals surface area contributed by atoms with Crippen LogP contribution in [0.2, 0.25) is 0 Å². The van der Waals surface area contributed by atoms with E-state index in [1.165, 1.54) is 0 Å². The standard InChI is InChI=1S/C19H25N3O3S/c1-13(2)22-11-16-18(20-22)15(23)10-19(25-16)4-6-21(7-5-19)17(24)9-14-3-8-26-12-14/h3,8,11-13,15,23H,4-7,9-10H2,1-2H3. The Balaban J connectivity index is 1.42. The van der Waals surface area contributed by atoms with E-state index < -0.39 is 11.7 Å². The number of rotatable bonds is 3. The van der Waals surface area contributed by atoms with Crippen molar-refractivity contribution in [1.82, 2.24) is 14.7 Å². The lowest BCUT2D eigenvalue weighted by Gasteiger charge is -2.44. The second-order valence-electron chi connectivity index (χ2n) is 7.65. The van der Waals surface area contributed by atoms with Crippen molar-refractivity contribution < 1.29 is 14.6 Å². The van der Waals surface area contributed by atoms with Gasteiger partial charge in [0.2, 0.25) is 5.91 Å². The third-order valence-corrected chi connectivity index (χ3v) is 6.16. The minimum Gasteiger partial charge on any atom is -0.483 e. The maximum Gasteiger partial charge on any atom is 0.227 e. The zero-order valence-electron chi connectivity index (χ0n) is 15.2. The molecule has 7 heteroatoms. The third kappa shape index (κ3) is 3.25. The molecular formula is C19H25N3O3S. The van der Waals surface area contributed by atoms with Crippen molar-refractivity contribution >= 4 is 17.2 Å². The summed E-state index contributed by atoms with van der Waals surface area (Å²) in [5.41, 5.74) is 1.33. The van der Waals surface area contributed by atoms with Gasteiger partial charge in [-0.3, -0.25) is 9.48 Å². The molecule has 26 heavy (non-hydrogen) atoms. The van der Waals surface area contributed by atoms with Crippen LogP contribution in [0.1, 0.15) is 56.5 Å². The van der Waals surface area contributed by atoms with Crippen LogP contribution in [-0.2, 0) is 11.2 Å². The molecular weight excluding hydrogens is 350 g/mol. The molecule has 4 heterocycles. The lowest BCUT2D eigenvalue weighted by Crippen LogP contribution is -2.52. The quantitative estimate of drug-likeness (QED) is 0.896. The van der Waals surface area contributed by atoms with Crippen molar-refractivity contribution in [1.29, 1.82) is 0 Å². The van der Waals surface area contributed by atoms with E-state index in [2.05, 4.69) is 18.9 Å². The molecule has 2 aromatic heterocycles. The van der Waals surface area contributed by atoms with Crippen molar-refractivity contribution in [2.45, 2.75) is 57.3 Å². The molecule has 1 fully saturated rings. The van der Waals surface area contributed by atoms with Crippen molar-refractivity contribution in [3.8, 4) is 5.75 Å². The number of amides is 1. The van der Waals surface area contributed by atoms with Gasteiger partial charge in [0, 0.05) is 38.4 Å². The summed E-state index contributed by atoms with van der Waals surface area (Å²) in [5, 5.41) is 19.1. The third-order valence-electron chi connectivity index (χ3n) is 5.42. The van der Waals surface area contributed by atoms with Gasteiger partial charge in [0.1, 0.15) is 17.4 Å². The van der Waals surface area contributed by atoms with E-state index in [0.29, 0.717) is 37.4 Å². The Morgan fingerprint density at radius 2 is 2.23 bits per heavy atom. The van der Waals surface area contributed by atoms with E-state index in [1.54, 1.807) is 11.3 Å². The van der Waals surface area contributed by atoms with E-state index >= 15 is 0 Å². The van der Waals surface area contributed by atoms with Crippen LogP contribution < -0.4 is 4.74 Å². The normalized spacial score (nSPS) is 21.7. The Bertz CT molecular complexity index is 776. The van der Waals surface area contributed by atoms with Crippen LogP contribution in [0.25, 0.3) is 0 Å². The molecule has 2 aliphatic heterocycles. The minimum absolute atomic E-state index is 0.169. The van der Waals surface area contributed by atoms with E-state index in [0.717, 1.165) is 18.4 Å². The monoisotopic (exact) mass is 375 g/mol. The SMILES string of the molecule is CC(C)n1cc2c(n1)C(O)CC1(CCN(C(=O)Cc3ccsc3)CC1)O2. The van der Waals surface area contributed by atoms with Gasteiger partial charge in [-0.1, -0.05) is 0 Å². The zero-order chi connectivity index (χ0) is 18.3. The fourth-order valence-electron chi connectivity index (χ4n) is 3.84. The molecule has 0 radical (unpaired) electrons. The van der Waals surface area contributed by atoms with Gasteiger partial charge in [-0.15, -0.1) is 0 Å². The van der Waals surface area contributed by atoms with Crippen molar-refractivity contribution in [3.63, 3.8) is 0 Å². The second kappa shape index (κ2) is 6.70. The van der Waals surface area contributed by atoms with Crippen LogP contribution in [0.5, 0.6) is 5.75 Å². The summed E-state index contributed by atoms with van der Waals surface area (Å²) in [7, 11) is 0. The number of fused-ring (bicyclic) bond motifs is 1. The van der Waals surface area contributed by atoms with E-state index in [1.807, 2.05) is 32.6 Å². The molecule has 0 aliphatic carbocycles. The summed E-state index contributed by atoms with van der Waals surface area (Å²) in [5.74, 6) is 0.860. The number of likely N-dealkylation sites (tertiary alicyclic amines) is 1. The molecule has 4 rings (SSSR count). The Morgan fingerprint density at radius 3 is 2.88 bits per heavy atom. The van der Waals surface area contributed by atoms with E-state index in [-0.39, 0.29) is 11.9 Å². The van der Waals surface area contributed by atoms with Crippen molar-refractivity contribution in [3.05, 3.63) is 34.3 Å². The fraction of sp³-hybridized carbons (Fsp3) is 0.579. The smallest absolute Gasteiger partial charge is 0.227 e. The van der Waals surface area contributed by atoms with Gasteiger partial charge in [-0.2, -0.15) is 16.4 Å². The number of hydrogen-bond acceptors (Lipinski definition) is 5. The number of carbonyl (C=O) groups is 1. The molecule has 0 aromatic carbocycles. The molecule has 2 aromatic rings. The summed E-state index contributed by atoms with van der Waals surface area (Å²) in [4.78, 5) is 14.4. The van der Waals surface area contributed by atoms with Crippen LogP contribution in [0.15, 0.2) is 23.0 Å². The molecule has 1 N–H and O–H groups in total. The first-order valence-electron chi connectivity index (χ1n) is 9.21. The van der Waals surface area contributed by atoms with Gasteiger partial charge in [-0.25, -0.2) is 0 Å². The first kappa shape index (κ1) is 17.5. The summed E-state index contributed by atoms with van der Waals surface area (Å²) < 4.78 is 8.16. The van der Waals surface area contributed by atoms with Crippen molar-refractivity contribution in [2.24, 2.45) is 0 Å². The Morgan fingerprint density at radius 1 is 1.46 bits per heavy atom. The van der Waals surface area contributed by atoms with Gasteiger partial charge in [-0.05, 0) is 36.2 Å². The largest absolute Gasteiger partial charge is 0.483 e. The number of hydrogen-bond donors (Lipinski definition) is 1. The maximum absolute atomic E-state index is 12.5. The number of ether oxygens (including phenoxy) is 1. The highest BCUT2D eigenvalue weighted by atomic mass is 32.1.